The normalized spacial score (nSPS) is 19.3. The number of hydrogen-bond donors (Lipinski definition) is 1. The zero-order valence-electron chi connectivity index (χ0n) is 20.4. The van der Waals surface area contributed by atoms with Crippen LogP contribution in [0.2, 0.25) is 0 Å². The van der Waals surface area contributed by atoms with Crippen molar-refractivity contribution >= 4 is 29.5 Å². The van der Waals surface area contributed by atoms with Crippen LogP contribution in [0.3, 0.4) is 0 Å². The van der Waals surface area contributed by atoms with Crippen LogP contribution >= 0.6 is 0 Å². The molecule has 1 N–H and O–H groups in total. The van der Waals surface area contributed by atoms with Crippen molar-refractivity contribution in [2.45, 2.75) is 44.9 Å². The van der Waals surface area contributed by atoms with Crippen molar-refractivity contribution in [3.05, 3.63) is 65.0 Å². The van der Waals surface area contributed by atoms with Crippen LogP contribution in [0.5, 0.6) is 0 Å². The Morgan fingerprint density at radius 1 is 1.22 bits per heavy atom. The van der Waals surface area contributed by atoms with Crippen LogP contribution < -0.4 is 5.32 Å². The molecule has 0 radical (unpaired) electrons. The van der Waals surface area contributed by atoms with Gasteiger partial charge in [0.25, 0.3) is 5.91 Å². The van der Waals surface area contributed by atoms with Gasteiger partial charge < -0.3 is 19.7 Å². The lowest BCUT2D eigenvalue weighted by Gasteiger charge is -2.30. The van der Waals surface area contributed by atoms with Crippen molar-refractivity contribution in [3.63, 3.8) is 0 Å². The number of halogens is 1. The third-order valence-electron chi connectivity index (χ3n) is 6.50. The van der Waals surface area contributed by atoms with E-state index in [9.17, 15) is 23.6 Å². The third kappa shape index (κ3) is 4.81. The number of carbonyl (C=O) groups excluding carboxylic acids is 4. The number of methoxy groups -OCH3 is 1. The average molecular weight is 498 g/mol. The number of hydrogen-bond acceptors (Lipinski definition) is 6. The zero-order chi connectivity index (χ0) is 26.0. The highest BCUT2D eigenvalue weighted by Gasteiger charge is 2.58. The summed E-state index contributed by atoms with van der Waals surface area (Å²) in [5.74, 6) is -1.67. The van der Waals surface area contributed by atoms with Gasteiger partial charge in [-0.2, -0.15) is 0 Å². The molecule has 2 aromatic rings. The Bertz CT molecular complexity index is 1200. The lowest BCUT2D eigenvalue weighted by Crippen LogP contribution is -2.48. The lowest BCUT2D eigenvalue weighted by molar-refractivity contribution is -0.143. The number of anilines is 1. The second kappa shape index (κ2) is 10.1. The fourth-order valence-corrected chi connectivity index (χ4v) is 4.77. The van der Waals surface area contributed by atoms with Crippen molar-refractivity contribution < 1.29 is 33.0 Å². The molecule has 4 rings (SSSR count). The van der Waals surface area contributed by atoms with Crippen molar-refractivity contribution in [2.75, 3.05) is 25.6 Å². The molecule has 1 fully saturated rings. The van der Waals surface area contributed by atoms with Crippen molar-refractivity contribution in [3.8, 4) is 0 Å². The summed E-state index contributed by atoms with van der Waals surface area (Å²) in [5, 5.41) is 2.70. The molecule has 0 aromatic heterocycles. The third-order valence-corrected chi connectivity index (χ3v) is 6.50. The van der Waals surface area contributed by atoms with E-state index >= 15 is 0 Å². The number of rotatable bonds is 8. The van der Waals surface area contributed by atoms with Gasteiger partial charge >= 0.3 is 6.09 Å². The first-order valence-electron chi connectivity index (χ1n) is 11.6. The molecule has 1 heterocycles. The first-order valence-corrected chi connectivity index (χ1v) is 11.6. The molecule has 9 nitrogen and oxygen atoms in total. The summed E-state index contributed by atoms with van der Waals surface area (Å²) >= 11 is 0. The number of amides is 4. The highest BCUT2D eigenvalue weighted by atomic mass is 19.1. The van der Waals surface area contributed by atoms with E-state index in [0.29, 0.717) is 23.2 Å². The summed E-state index contributed by atoms with van der Waals surface area (Å²) in [6, 6.07) is 10.5. The Morgan fingerprint density at radius 3 is 2.61 bits per heavy atom. The summed E-state index contributed by atoms with van der Waals surface area (Å²) in [5.41, 5.74) is 1.15. The van der Waals surface area contributed by atoms with Crippen LogP contribution in [0, 0.1) is 5.82 Å². The maximum absolute atomic E-state index is 13.5. The zero-order valence-corrected chi connectivity index (χ0v) is 20.4. The molecular weight excluding hydrogens is 469 g/mol. The average Bonchev–Trinajstić information content (AvgIpc) is 3.30. The summed E-state index contributed by atoms with van der Waals surface area (Å²) in [7, 11) is 1.51. The second-order valence-electron chi connectivity index (χ2n) is 9.09. The van der Waals surface area contributed by atoms with E-state index in [4.69, 9.17) is 9.47 Å². The maximum Gasteiger partial charge on any atom is 0.418 e. The van der Waals surface area contributed by atoms with Crippen LogP contribution in [-0.4, -0.2) is 59.9 Å². The van der Waals surface area contributed by atoms with Crippen LogP contribution in [0.15, 0.2) is 42.5 Å². The fraction of sp³-hybridized carbons (Fsp3) is 0.385. The highest BCUT2D eigenvalue weighted by molar-refractivity contribution is 6.06. The Kier molecular flexibility index (Phi) is 7.07. The van der Waals surface area contributed by atoms with Gasteiger partial charge in [0.1, 0.15) is 12.4 Å². The quantitative estimate of drug-likeness (QED) is 0.601. The Labute approximate surface area is 208 Å². The smallest absolute Gasteiger partial charge is 0.418 e. The molecule has 1 saturated heterocycles. The van der Waals surface area contributed by atoms with E-state index in [-0.39, 0.29) is 31.5 Å². The number of nitrogens with zero attached hydrogens (tertiary/aromatic N) is 2. The molecule has 2 aromatic carbocycles. The molecule has 0 saturated carbocycles. The van der Waals surface area contributed by atoms with Crippen LogP contribution in [-0.2, 0) is 42.4 Å². The molecule has 10 heteroatoms. The van der Waals surface area contributed by atoms with Crippen molar-refractivity contribution in [2.24, 2.45) is 0 Å². The van der Waals surface area contributed by atoms with Gasteiger partial charge in [0, 0.05) is 38.2 Å². The standard InChI is InChI=1S/C26H28FN3O6/c1-16(15-35-3)29(13-18-4-6-20(27)7-5-18)23(32)14-30-24(33)26(36-25(30)34)11-10-19-12-21(28-17(2)31)8-9-22(19)26/h4-9,12,16H,10-11,13-15H2,1-3H3,(H,28,31)/t16-,26?/m0/s1. The second-order valence-corrected chi connectivity index (χ2v) is 9.09. The first kappa shape index (κ1) is 25.3. The molecule has 1 aliphatic heterocycles. The van der Waals surface area contributed by atoms with Gasteiger partial charge in [0.2, 0.25) is 17.4 Å². The molecule has 36 heavy (non-hydrogen) atoms. The van der Waals surface area contributed by atoms with E-state index in [1.807, 2.05) is 0 Å². The number of aryl methyl sites for hydroxylation is 1. The van der Waals surface area contributed by atoms with E-state index in [0.717, 1.165) is 10.5 Å². The van der Waals surface area contributed by atoms with E-state index < -0.39 is 35.9 Å². The first-order chi connectivity index (χ1) is 17.1. The predicted octanol–water partition coefficient (Wildman–Crippen LogP) is 2.97. The Morgan fingerprint density at radius 2 is 1.94 bits per heavy atom. The Balaban J connectivity index is 1.54. The molecule has 1 spiro atoms. The van der Waals surface area contributed by atoms with Gasteiger partial charge in [-0.05, 0) is 48.7 Å². The number of benzene rings is 2. The van der Waals surface area contributed by atoms with E-state index in [2.05, 4.69) is 5.32 Å². The largest absolute Gasteiger partial charge is 0.427 e. The van der Waals surface area contributed by atoms with Gasteiger partial charge in [-0.3, -0.25) is 14.4 Å². The summed E-state index contributed by atoms with van der Waals surface area (Å²) in [6.07, 6.45) is -0.153. The fourth-order valence-electron chi connectivity index (χ4n) is 4.77. The number of imide groups is 1. The van der Waals surface area contributed by atoms with E-state index in [1.54, 1.807) is 37.3 Å². The Hall–Kier alpha value is -3.79. The minimum Gasteiger partial charge on any atom is -0.427 e. The topological polar surface area (TPSA) is 105 Å². The number of fused-ring (bicyclic) bond motifs is 2. The van der Waals surface area contributed by atoms with Crippen molar-refractivity contribution in [1.29, 1.82) is 0 Å². The molecule has 4 amide bonds. The monoisotopic (exact) mass is 497 g/mol. The summed E-state index contributed by atoms with van der Waals surface area (Å²) < 4.78 is 24.1. The minimum atomic E-state index is -1.48. The number of nitrogens with one attached hydrogen (secondary N) is 1. The van der Waals surface area contributed by atoms with Gasteiger partial charge in [0.05, 0.1) is 12.6 Å². The van der Waals surface area contributed by atoms with Crippen LogP contribution in [0.1, 0.15) is 37.0 Å². The SMILES string of the molecule is COC[C@H](C)N(Cc1ccc(F)cc1)C(=O)CN1C(=O)OC2(CCc3cc(NC(C)=O)ccc32)C1=O. The van der Waals surface area contributed by atoms with Gasteiger partial charge in [-0.15, -0.1) is 0 Å². The molecule has 1 unspecified atom stereocenters. The minimum absolute atomic E-state index is 0.153. The van der Waals surface area contributed by atoms with Gasteiger partial charge in [0.15, 0.2) is 0 Å². The predicted molar refractivity (Wildman–Crippen MR) is 127 cm³/mol. The molecule has 0 bridgehead atoms. The summed E-state index contributed by atoms with van der Waals surface area (Å²) in [4.78, 5) is 53.3. The van der Waals surface area contributed by atoms with E-state index in [1.165, 1.54) is 31.1 Å². The maximum atomic E-state index is 13.5. The van der Waals surface area contributed by atoms with Crippen LogP contribution in [0.4, 0.5) is 14.9 Å². The molecular formula is C26H28FN3O6. The van der Waals surface area contributed by atoms with Crippen molar-refractivity contribution in [1.82, 2.24) is 9.80 Å². The summed E-state index contributed by atoms with van der Waals surface area (Å²) in [6.45, 7) is 3.09. The number of ether oxygens (including phenoxy) is 2. The lowest BCUT2D eigenvalue weighted by atomic mass is 9.94. The molecule has 2 aliphatic rings. The van der Waals surface area contributed by atoms with Gasteiger partial charge in [-0.25, -0.2) is 14.1 Å². The van der Waals surface area contributed by atoms with Gasteiger partial charge in [-0.1, -0.05) is 18.2 Å². The highest BCUT2D eigenvalue weighted by Crippen LogP contribution is 2.46. The molecule has 190 valence electrons. The molecule has 1 aliphatic carbocycles. The molecule has 2 atom stereocenters. The number of carbonyl (C=O) groups is 4. The van der Waals surface area contributed by atoms with Crippen LogP contribution in [0.25, 0.3) is 0 Å².